The van der Waals surface area contributed by atoms with Crippen LogP contribution in [0.1, 0.15) is 18.4 Å². The average Bonchev–Trinajstić information content (AvgIpc) is 2.68. The van der Waals surface area contributed by atoms with E-state index in [1.165, 1.54) is 30.5 Å². The number of rotatable bonds is 4. The number of nitrogens with one attached hydrogen (secondary N) is 1. The zero-order valence-electron chi connectivity index (χ0n) is 14.7. The lowest BCUT2D eigenvalue weighted by Crippen LogP contribution is -2.38. The van der Waals surface area contributed by atoms with Gasteiger partial charge in [0.2, 0.25) is 5.91 Å². The van der Waals surface area contributed by atoms with Gasteiger partial charge in [-0.2, -0.15) is 18.4 Å². The molecule has 1 N–H and O–H groups in total. The summed E-state index contributed by atoms with van der Waals surface area (Å²) in [5, 5.41) is 11.6. The van der Waals surface area contributed by atoms with Gasteiger partial charge in [0.25, 0.3) is 0 Å². The third-order valence-corrected chi connectivity index (χ3v) is 5.16. The molecule has 1 aliphatic heterocycles. The van der Waals surface area contributed by atoms with Gasteiger partial charge < -0.3 is 10.2 Å². The lowest BCUT2D eigenvalue weighted by Gasteiger charge is -2.32. The van der Waals surface area contributed by atoms with Gasteiger partial charge in [-0.3, -0.25) is 4.79 Å². The fourth-order valence-electron chi connectivity index (χ4n) is 2.99. The number of carbonyl (C=O) groups is 1. The van der Waals surface area contributed by atoms with Crippen molar-refractivity contribution in [1.29, 1.82) is 5.26 Å². The molecule has 9 heteroatoms. The lowest BCUT2D eigenvalue weighted by molar-refractivity contribution is -0.120. The van der Waals surface area contributed by atoms with Crippen LogP contribution in [-0.2, 0) is 4.79 Å². The average molecular weight is 406 g/mol. The summed E-state index contributed by atoms with van der Waals surface area (Å²) >= 11 is -0.185. The second-order valence-electron chi connectivity index (χ2n) is 6.34. The number of nitrogens with zero attached hydrogens (tertiary/aromatic N) is 3. The Morgan fingerprint density at radius 3 is 2.39 bits per heavy atom. The molecular formula is C19H17F3N4OS. The molecule has 0 radical (unpaired) electrons. The smallest absolute Gasteiger partial charge is 0.357 e. The summed E-state index contributed by atoms with van der Waals surface area (Å²) in [7, 11) is 0. The standard InChI is InChI=1S/C19H17F3N4OS/c20-19(21,22)28-16-4-2-15(3-5-16)25-18(27)14-7-9-26(10-8-14)17-6-1-13(11-23)12-24-17/h1-6,12,14H,7-10H2,(H,25,27). The topological polar surface area (TPSA) is 69.0 Å². The maximum atomic E-state index is 12.4. The minimum Gasteiger partial charge on any atom is -0.357 e. The monoisotopic (exact) mass is 406 g/mol. The minimum absolute atomic E-state index is 0.0775. The molecule has 0 aliphatic carbocycles. The number of hydrogen-bond donors (Lipinski definition) is 1. The first-order valence-electron chi connectivity index (χ1n) is 8.62. The number of alkyl halides is 3. The van der Waals surface area contributed by atoms with Crippen molar-refractivity contribution in [3.63, 3.8) is 0 Å². The Labute approximate surface area is 164 Å². The predicted molar refractivity (Wildman–Crippen MR) is 101 cm³/mol. The van der Waals surface area contributed by atoms with Crippen molar-refractivity contribution < 1.29 is 18.0 Å². The van der Waals surface area contributed by atoms with Crippen LogP contribution in [0.25, 0.3) is 0 Å². The summed E-state index contributed by atoms with van der Waals surface area (Å²) in [5.41, 5.74) is -3.35. The lowest BCUT2D eigenvalue weighted by atomic mass is 9.95. The molecule has 0 atom stereocenters. The van der Waals surface area contributed by atoms with Gasteiger partial charge in [-0.05, 0) is 61.0 Å². The molecule has 0 spiro atoms. The number of carbonyl (C=O) groups excluding carboxylic acids is 1. The highest BCUT2D eigenvalue weighted by Crippen LogP contribution is 2.37. The molecule has 3 rings (SSSR count). The van der Waals surface area contributed by atoms with Crippen LogP contribution in [0, 0.1) is 17.2 Å². The van der Waals surface area contributed by atoms with E-state index in [-0.39, 0.29) is 28.5 Å². The van der Waals surface area contributed by atoms with Crippen molar-refractivity contribution in [3.05, 3.63) is 48.2 Å². The molecule has 1 aromatic carbocycles. The minimum atomic E-state index is -4.33. The van der Waals surface area contributed by atoms with Crippen LogP contribution in [0.2, 0.25) is 0 Å². The normalized spacial score (nSPS) is 15.1. The van der Waals surface area contributed by atoms with Gasteiger partial charge in [0.1, 0.15) is 11.9 Å². The molecule has 2 heterocycles. The van der Waals surface area contributed by atoms with E-state index in [2.05, 4.69) is 15.2 Å². The van der Waals surface area contributed by atoms with Gasteiger partial charge in [0.15, 0.2) is 0 Å². The number of pyridine rings is 1. The van der Waals surface area contributed by atoms with E-state index in [1.807, 2.05) is 6.07 Å². The molecule has 0 saturated carbocycles. The Morgan fingerprint density at radius 1 is 1.18 bits per heavy atom. The number of piperidine rings is 1. The van der Waals surface area contributed by atoms with E-state index in [0.29, 0.717) is 37.2 Å². The fourth-order valence-corrected chi connectivity index (χ4v) is 3.53. The predicted octanol–water partition coefficient (Wildman–Crippen LogP) is 4.42. The maximum Gasteiger partial charge on any atom is 0.446 e. The van der Waals surface area contributed by atoms with Gasteiger partial charge in [-0.15, -0.1) is 0 Å². The van der Waals surface area contributed by atoms with Gasteiger partial charge >= 0.3 is 5.51 Å². The molecule has 1 amide bonds. The summed E-state index contributed by atoms with van der Waals surface area (Å²) in [4.78, 5) is 18.8. The largest absolute Gasteiger partial charge is 0.446 e. The van der Waals surface area contributed by atoms with E-state index in [0.717, 1.165) is 5.82 Å². The summed E-state index contributed by atoms with van der Waals surface area (Å²) in [6, 6.07) is 11.2. The van der Waals surface area contributed by atoms with E-state index in [1.54, 1.807) is 12.1 Å². The van der Waals surface area contributed by atoms with Crippen LogP contribution < -0.4 is 10.2 Å². The molecular weight excluding hydrogens is 389 g/mol. The molecule has 0 bridgehead atoms. The van der Waals surface area contributed by atoms with Crippen molar-refractivity contribution in [1.82, 2.24) is 4.98 Å². The summed E-state index contributed by atoms with van der Waals surface area (Å²) < 4.78 is 37.1. The van der Waals surface area contributed by atoms with Crippen molar-refractivity contribution in [2.24, 2.45) is 5.92 Å². The highest BCUT2D eigenvalue weighted by Gasteiger charge is 2.29. The van der Waals surface area contributed by atoms with Crippen LogP contribution in [0.15, 0.2) is 47.5 Å². The third-order valence-electron chi connectivity index (χ3n) is 4.42. The molecule has 28 heavy (non-hydrogen) atoms. The second kappa shape index (κ2) is 8.52. The summed E-state index contributed by atoms with van der Waals surface area (Å²) in [6.45, 7) is 1.33. The molecule has 5 nitrogen and oxygen atoms in total. The number of benzene rings is 1. The quantitative estimate of drug-likeness (QED) is 0.762. The molecule has 1 aromatic heterocycles. The Hall–Kier alpha value is -2.73. The Morgan fingerprint density at radius 2 is 1.86 bits per heavy atom. The van der Waals surface area contributed by atoms with Crippen LogP contribution in [0.4, 0.5) is 24.7 Å². The van der Waals surface area contributed by atoms with Gasteiger partial charge in [0, 0.05) is 35.8 Å². The van der Waals surface area contributed by atoms with Crippen LogP contribution >= 0.6 is 11.8 Å². The van der Waals surface area contributed by atoms with E-state index < -0.39 is 5.51 Å². The van der Waals surface area contributed by atoms with Crippen molar-refractivity contribution >= 4 is 29.2 Å². The first-order valence-corrected chi connectivity index (χ1v) is 9.43. The van der Waals surface area contributed by atoms with Crippen LogP contribution in [-0.4, -0.2) is 29.5 Å². The van der Waals surface area contributed by atoms with Gasteiger partial charge in [-0.25, -0.2) is 4.98 Å². The fraction of sp³-hybridized carbons (Fsp3) is 0.316. The molecule has 1 aliphatic rings. The van der Waals surface area contributed by atoms with E-state index in [9.17, 15) is 18.0 Å². The maximum absolute atomic E-state index is 12.4. The Kier molecular flexibility index (Phi) is 6.09. The molecule has 1 fully saturated rings. The van der Waals surface area contributed by atoms with Crippen LogP contribution in [0.5, 0.6) is 0 Å². The second-order valence-corrected chi connectivity index (χ2v) is 7.48. The van der Waals surface area contributed by atoms with Gasteiger partial charge in [-0.1, -0.05) is 0 Å². The molecule has 1 saturated heterocycles. The van der Waals surface area contributed by atoms with E-state index >= 15 is 0 Å². The number of nitriles is 1. The number of thioether (sulfide) groups is 1. The number of hydrogen-bond acceptors (Lipinski definition) is 5. The molecule has 146 valence electrons. The zero-order valence-corrected chi connectivity index (χ0v) is 15.6. The highest BCUT2D eigenvalue weighted by atomic mass is 32.2. The number of amides is 1. The van der Waals surface area contributed by atoms with Crippen LogP contribution in [0.3, 0.4) is 0 Å². The first kappa shape index (κ1) is 20.0. The number of anilines is 2. The first-order chi connectivity index (χ1) is 13.3. The SMILES string of the molecule is N#Cc1ccc(N2CCC(C(=O)Nc3ccc(SC(F)(F)F)cc3)CC2)nc1. The molecule has 0 unspecified atom stereocenters. The number of aromatic nitrogens is 1. The van der Waals surface area contributed by atoms with Crippen molar-refractivity contribution in [3.8, 4) is 6.07 Å². The Bertz CT molecular complexity index is 855. The van der Waals surface area contributed by atoms with Crippen molar-refractivity contribution in [2.45, 2.75) is 23.2 Å². The van der Waals surface area contributed by atoms with Gasteiger partial charge in [0.05, 0.1) is 5.56 Å². The van der Waals surface area contributed by atoms with Crippen molar-refractivity contribution in [2.75, 3.05) is 23.3 Å². The Balaban J connectivity index is 1.51. The van der Waals surface area contributed by atoms with E-state index in [4.69, 9.17) is 5.26 Å². The number of halogens is 3. The third kappa shape index (κ3) is 5.39. The highest BCUT2D eigenvalue weighted by molar-refractivity contribution is 8.00. The summed E-state index contributed by atoms with van der Waals surface area (Å²) in [6.07, 6.45) is 2.82. The molecule has 2 aromatic rings. The summed E-state index contributed by atoms with van der Waals surface area (Å²) in [5.74, 6) is 0.470. The zero-order chi connectivity index (χ0) is 20.1.